The van der Waals surface area contributed by atoms with Crippen LogP contribution in [0.15, 0.2) is 41.2 Å². The molecule has 0 spiro atoms. The monoisotopic (exact) mass is 279 g/mol. The van der Waals surface area contributed by atoms with Crippen molar-refractivity contribution in [1.29, 1.82) is 0 Å². The van der Waals surface area contributed by atoms with Gasteiger partial charge in [0.25, 0.3) is 5.89 Å². The summed E-state index contributed by atoms with van der Waals surface area (Å²) in [6.45, 7) is 1.85. The molecular weight excluding hydrogens is 266 g/mol. The number of rotatable bonds is 2. The van der Waals surface area contributed by atoms with Crippen LogP contribution >= 0.6 is 0 Å². The average molecular weight is 279 g/mol. The largest absolute Gasteiger partial charge is 0.333 e. The summed E-state index contributed by atoms with van der Waals surface area (Å²) in [5, 5.41) is 7.35. The smallest absolute Gasteiger partial charge is 0.258 e. The van der Waals surface area contributed by atoms with Crippen molar-refractivity contribution in [2.24, 2.45) is 0 Å². The van der Waals surface area contributed by atoms with Crippen molar-refractivity contribution in [3.05, 3.63) is 47.8 Å². The number of hydrogen-bond acceptors (Lipinski definition) is 6. The average Bonchev–Trinajstić information content (AvgIpc) is 3.05. The molecule has 6 nitrogen and oxygen atoms in total. The van der Waals surface area contributed by atoms with Crippen molar-refractivity contribution in [1.82, 2.24) is 25.4 Å². The normalized spacial score (nSPS) is 13.9. The number of fused-ring (bicyclic) bond motifs is 1. The molecule has 1 N–H and O–H groups in total. The number of nitrogens with zero attached hydrogens (tertiary/aromatic N) is 4. The first kappa shape index (κ1) is 12.2. The summed E-state index contributed by atoms with van der Waals surface area (Å²) in [4.78, 5) is 12.7. The molecule has 0 amide bonds. The van der Waals surface area contributed by atoms with Crippen molar-refractivity contribution in [3.8, 4) is 23.1 Å². The van der Waals surface area contributed by atoms with E-state index in [9.17, 15) is 0 Å². The zero-order valence-electron chi connectivity index (χ0n) is 11.3. The zero-order chi connectivity index (χ0) is 14.1. The second-order valence-corrected chi connectivity index (χ2v) is 4.87. The van der Waals surface area contributed by atoms with Crippen LogP contribution in [0.3, 0.4) is 0 Å². The summed E-state index contributed by atoms with van der Waals surface area (Å²) in [5.41, 5.74) is 3.57. The van der Waals surface area contributed by atoms with Gasteiger partial charge in [0, 0.05) is 24.5 Å². The molecule has 3 heterocycles. The first-order valence-electron chi connectivity index (χ1n) is 6.85. The molecule has 2 aromatic heterocycles. The lowest BCUT2D eigenvalue weighted by Gasteiger charge is -2.18. The predicted molar refractivity (Wildman–Crippen MR) is 76.2 cm³/mol. The highest BCUT2D eigenvalue weighted by Gasteiger charge is 2.18. The summed E-state index contributed by atoms with van der Waals surface area (Å²) in [7, 11) is 0. The number of nitrogens with one attached hydrogen (secondary N) is 1. The molecule has 104 valence electrons. The van der Waals surface area contributed by atoms with Gasteiger partial charge in [-0.05, 0) is 36.2 Å². The summed E-state index contributed by atoms with van der Waals surface area (Å²) in [6.07, 6.45) is 4.29. The molecule has 0 radical (unpaired) electrons. The molecular formula is C15H13N5O. The maximum Gasteiger partial charge on any atom is 0.258 e. The maximum absolute atomic E-state index is 5.41. The fourth-order valence-electron chi connectivity index (χ4n) is 2.57. The van der Waals surface area contributed by atoms with Gasteiger partial charge >= 0.3 is 0 Å². The van der Waals surface area contributed by atoms with Crippen molar-refractivity contribution >= 4 is 0 Å². The van der Waals surface area contributed by atoms with Crippen molar-refractivity contribution in [2.45, 2.75) is 13.0 Å². The van der Waals surface area contributed by atoms with Gasteiger partial charge in [0.15, 0.2) is 0 Å². The van der Waals surface area contributed by atoms with Crippen LogP contribution in [-0.4, -0.2) is 26.7 Å². The van der Waals surface area contributed by atoms with Crippen molar-refractivity contribution in [3.63, 3.8) is 0 Å². The van der Waals surface area contributed by atoms with E-state index < -0.39 is 0 Å². The van der Waals surface area contributed by atoms with Crippen LogP contribution in [-0.2, 0) is 13.0 Å². The Morgan fingerprint density at radius 1 is 1.05 bits per heavy atom. The third-order valence-corrected chi connectivity index (χ3v) is 3.56. The molecule has 0 fully saturated rings. The summed E-state index contributed by atoms with van der Waals surface area (Å²) >= 11 is 0. The Kier molecular flexibility index (Phi) is 2.93. The van der Waals surface area contributed by atoms with E-state index in [1.165, 1.54) is 11.1 Å². The van der Waals surface area contributed by atoms with Crippen LogP contribution in [0, 0.1) is 0 Å². The lowest BCUT2D eigenvalue weighted by molar-refractivity contribution is 0.431. The third-order valence-electron chi connectivity index (χ3n) is 3.56. The van der Waals surface area contributed by atoms with Crippen molar-refractivity contribution < 1.29 is 4.52 Å². The fraction of sp³-hybridized carbons (Fsp3) is 0.200. The first-order chi connectivity index (χ1) is 10.4. The summed E-state index contributed by atoms with van der Waals surface area (Å²) in [6, 6.07) is 7.92. The van der Waals surface area contributed by atoms with E-state index in [-0.39, 0.29) is 0 Å². The molecule has 0 unspecified atom stereocenters. The molecule has 1 aliphatic heterocycles. The van der Waals surface area contributed by atoms with Crippen molar-refractivity contribution in [2.75, 3.05) is 6.54 Å². The van der Waals surface area contributed by atoms with Crippen LogP contribution in [0.4, 0.5) is 0 Å². The zero-order valence-corrected chi connectivity index (χ0v) is 11.3. The molecule has 3 aromatic rings. The molecule has 1 aromatic carbocycles. The van der Waals surface area contributed by atoms with Crippen LogP contribution in [0.1, 0.15) is 11.1 Å². The molecule has 1 aliphatic rings. The molecule has 0 aliphatic carbocycles. The van der Waals surface area contributed by atoms with E-state index >= 15 is 0 Å². The minimum Gasteiger partial charge on any atom is -0.333 e. The standard InChI is InChI=1S/C15H13N5O/c1-3-10-9-16-8-5-11(10)12(4-1)15-19-14(20-21-15)13-17-6-2-7-18-13/h1-4,6-7,16H,5,8-9H2. The van der Waals surface area contributed by atoms with E-state index in [1.807, 2.05) is 12.1 Å². The summed E-state index contributed by atoms with van der Waals surface area (Å²) < 4.78 is 5.41. The topological polar surface area (TPSA) is 76.7 Å². The molecule has 0 atom stereocenters. The highest BCUT2D eigenvalue weighted by molar-refractivity contribution is 5.63. The number of hydrogen-bond donors (Lipinski definition) is 1. The minimum absolute atomic E-state index is 0.414. The van der Waals surface area contributed by atoms with Crippen LogP contribution in [0.2, 0.25) is 0 Å². The van der Waals surface area contributed by atoms with Crippen LogP contribution in [0.25, 0.3) is 23.1 Å². The first-order valence-corrected chi connectivity index (χ1v) is 6.85. The van der Waals surface area contributed by atoms with Gasteiger partial charge in [-0.2, -0.15) is 4.98 Å². The van der Waals surface area contributed by atoms with Gasteiger partial charge in [0.2, 0.25) is 11.6 Å². The Balaban J connectivity index is 1.77. The number of aromatic nitrogens is 4. The van der Waals surface area contributed by atoms with E-state index in [0.717, 1.165) is 25.1 Å². The van der Waals surface area contributed by atoms with E-state index in [2.05, 4.69) is 31.5 Å². The highest BCUT2D eigenvalue weighted by atomic mass is 16.5. The molecule has 0 saturated carbocycles. The summed E-state index contributed by atoms with van der Waals surface area (Å²) in [5.74, 6) is 1.41. The Morgan fingerprint density at radius 3 is 2.86 bits per heavy atom. The molecule has 4 rings (SSSR count). The van der Waals surface area contributed by atoms with E-state index in [0.29, 0.717) is 17.5 Å². The predicted octanol–water partition coefficient (Wildman–Crippen LogP) is 1.84. The van der Waals surface area contributed by atoms with Gasteiger partial charge in [0.1, 0.15) is 0 Å². The number of benzene rings is 1. The Morgan fingerprint density at radius 2 is 1.95 bits per heavy atom. The molecule has 6 heteroatoms. The van der Waals surface area contributed by atoms with Gasteiger partial charge in [-0.1, -0.05) is 17.3 Å². The lowest BCUT2D eigenvalue weighted by atomic mass is 9.95. The van der Waals surface area contributed by atoms with Crippen LogP contribution < -0.4 is 5.32 Å². The molecule has 0 saturated heterocycles. The van der Waals surface area contributed by atoms with Gasteiger partial charge in [-0.25, -0.2) is 9.97 Å². The third kappa shape index (κ3) is 2.19. The second kappa shape index (κ2) is 5.06. The van der Waals surface area contributed by atoms with E-state index in [1.54, 1.807) is 18.5 Å². The molecule has 0 bridgehead atoms. The lowest BCUT2D eigenvalue weighted by Crippen LogP contribution is -2.24. The molecule has 21 heavy (non-hydrogen) atoms. The van der Waals surface area contributed by atoms with Gasteiger partial charge < -0.3 is 9.84 Å². The SMILES string of the molecule is c1cnc(-c2noc(-c3cccc4c3CCNC4)n2)nc1. The Hall–Kier alpha value is -2.60. The Labute approximate surface area is 121 Å². The minimum atomic E-state index is 0.414. The quantitative estimate of drug-likeness (QED) is 0.771. The highest BCUT2D eigenvalue weighted by Crippen LogP contribution is 2.28. The van der Waals surface area contributed by atoms with Gasteiger partial charge in [0.05, 0.1) is 0 Å². The van der Waals surface area contributed by atoms with Gasteiger partial charge in [-0.15, -0.1) is 0 Å². The maximum atomic E-state index is 5.41. The second-order valence-electron chi connectivity index (χ2n) is 4.87. The fourth-order valence-corrected chi connectivity index (χ4v) is 2.57. The van der Waals surface area contributed by atoms with E-state index in [4.69, 9.17) is 4.52 Å². The van der Waals surface area contributed by atoms with Crippen LogP contribution in [0.5, 0.6) is 0 Å². The Bertz CT molecular complexity index is 769. The van der Waals surface area contributed by atoms with Gasteiger partial charge in [-0.3, -0.25) is 0 Å².